The van der Waals surface area contributed by atoms with Gasteiger partial charge in [0.05, 0.1) is 0 Å². The highest BCUT2D eigenvalue weighted by Crippen LogP contribution is 2.40. The summed E-state index contributed by atoms with van der Waals surface area (Å²) in [5, 5.41) is 13.4. The first kappa shape index (κ1) is 13.8. The molecule has 0 atom stereocenters. The van der Waals surface area contributed by atoms with Gasteiger partial charge in [0.2, 0.25) is 5.13 Å². The average Bonchev–Trinajstić information content (AvgIpc) is 3.18. The van der Waals surface area contributed by atoms with Crippen molar-refractivity contribution in [1.82, 2.24) is 20.2 Å². The molecule has 0 spiro atoms. The SMILES string of the molecule is C=CCNc1nnc(Sc2cc(Cl)nc(C3CC3)n2)s1. The predicted molar refractivity (Wildman–Crippen MR) is 81.7 cm³/mol. The van der Waals surface area contributed by atoms with Crippen LogP contribution >= 0.6 is 34.7 Å². The summed E-state index contributed by atoms with van der Waals surface area (Å²) in [6, 6.07) is 1.76. The molecular formula is C12H12ClN5S2. The summed E-state index contributed by atoms with van der Waals surface area (Å²) in [5.41, 5.74) is 0. The van der Waals surface area contributed by atoms with Crippen LogP contribution in [0.2, 0.25) is 5.15 Å². The minimum atomic E-state index is 0.479. The lowest BCUT2D eigenvalue weighted by molar-refractivity contribution is 0.877. The number of hydrogen-bond acceptors (Lipinski definition) is 7. The molecule has 8 heteroatoms. The molecule has 1 fully saturated rings. The number of halogens is 1. The molecule has 0 bridgehead atoms. The van der Waals surface area contributed by atoms with E-state index in [0.29, 0.717) is 17.6 Å². The van der Waals surface area contributed by atoms with Gasteiger partial charge in [0.1, 0.15) is 16.0 Å². The average molecular weight is 326 g/mol. The molecule has 0 unspecified atom stereocenters. The lowest BCUT2D eigenvalue weighted by Gasteiger charge is -2.01. The molecule has 2 heterocycles. The molecular weight excluding hydrogens is 314 g/mol. The molecule has 1 aliphatic carbocycles. The first-order valence-corrected chi connectivity index (χ1v) is 8.16. The first-order valence-electron chi connectivity index (χ1n) is 6.15. The van der Waals surface area contributed by atoms with Gasteiger partial charge in [-0.2, -0.15) is 0 Å². The van der Waals surface area contributed by atoms with E-state index in [-0.39, 0.29) is 0 Å². The second-order valence-electron chi connectivity index (χ2n) is 4.31. The summed E-state index contributed by atoms with van der Waals surface area (Å²) >= 11 is 8.98. The Bertz CT molecular complexity index is 626. The molecule has 0 aromatic carbocycles. The molecule has 0 amide bonds. The van der Waals surface area contributed by atoms with Gasteiger partial charge in [0, 0.05) is 18.5 Å². The van der Waals surface area contributed by atoms with E-state index in [1.54, 1.807) is 12.1 Å². The monoisotopic (exact) mass is 325 g/mol. The standard InChI is InChI=1S/C12H12ClN5S2/c1-2-5-14-11-17-18-12(20-11)19-9-6-8(13)15-10(16-9)7-3-4-7/h2,6-7H,1,3-5H2,(H,14,17). The molecule has 0 saturated heterocycles. The minimum absolute atomic E-state index is 0.479. The highest BCUT2D eigenvalue weighted by atomic mass is 35.5. The van der Waals surface area contributed by atoms with Crippen LogP contribution in [0.1, 0.15) is 24.6 Å². The Morgan fingerprint density at radius 3 is 3.05 bits per heavy atom. The van der Waals surface area contributed by atoms with Crippen LogP contribution in [0.3, 0.4) is 0 Å². The zero-order chi connectivity index (χ0) is 13.9. The van der Waals surface area contributed by atoms with Crippen LogP contribution in [0.25, 0.3) is 0 Å². The highest BCUT2D eigenvalue weighted by molar-refractivity contribution is 8.01. The van der Waals surface area contributed by atoms with Gasteiger partial charge >= 0.3 is 0 Å². The zero-order valence-electron chi connectivity index (χ0n) is 10.5. The van der Waals surface area contributed by atoms with Crippen LogP contribution in [-0.2, 0) is 0 Å². The number of aromatic nitrogens is 4. The van der Waals surface area contributed by atoms with Crippen molar-refractivity contribution in [3.8, 4) is 0 Å². The van der Waals surface area contributed by atoms with E-state index >= 15 is 0 Å². The fraction of sp³-hybridized carbons (Fsp3) is 0.333. The Hall–Kier alpha value is -1.18. The Kier molecular flexibility index (Phi) is 4.18. The maximum atomic E-state index is 6.04. The largest absolute Gasteiger partial charge is 0.357 e. The van der Waals surface area contributed by atoms with Gasteiger partial charge < -0.3 is 5.32 Å². The van der Waals surface area contributed by atoms with Crippen molar-refractivity contribution in [2.24, 2.45) is 0 Å². The van der Waals surface area contributed by atoms with Crippen molar-refractivity contribution in [1.29, 1.82) is 0 Å². The molecule has 3 rings (SSSR count). The summed E-state index contributed by atoms with van der Waals surface area (Å²) in [6.45, 7) is 4.32. The molecule has 104 valence electrons. The van der Waals surface area contributed by atoms with Crippen molar-refractivity contribution < 1.29 is 0 Å². The predicted octanol–water partition coefficient (Wildman–Crippen LogP) is 3.61. The van der Waals surface area contributed by atoms with Crippen LogP contribution in [0, 0.1) is 0 Å². The zero-order valence-corrected chi connectivity index (χ0v) is 12.9. The van der Waals surface area contributed by atoms with E-state index in [4.69, 9.17) is 11.6 Å². The summed E-state index contributed by atoms with van der Waals surface area (Å²) in [4.78, 5) is 8.80. The van der Waals surface area contributed by atoms with E-state index in [1.165, 1.54) is 23.1 Å². The van der Waals surface area contributed by atoms with Gasteiger partial charge in [-0.3, -0.25) is 0 Å². The topological polar surface area (TPSA) is 63.6 Å². The van der Waals surface area contributed by atoms with E-state index in [1.807, 2.05) is 0 Å². The maximum Gasteiger partial charge on any atom is 0.206 e. The van der Waals surface area contributed by atoms with Crippen LogP contribution in [0.15, 0.2) is 28.1 Å². The third-order valence-electron chi connectivity index (χ3n) is 2.63. The van der Waals surface area contributed by atoms with Crippen LogP contribution in [0.5, 0.6) is 0 Å². The van der Waals surface area contributed by atoms with Crippen molar-refractivity contribution in [2.75, 3.05) is 11.9 Å². The van der Waals surface area contributed by atoms with Crippen LogP contribution < -0.4 is 5.32 Å². The van der Waals surface area contributed by atoms with Crippen LogP contribution in [-0.4, -0.2) is 26.7 Å². The molecule has 1 aliphatic rings. The van der Waals surface area contributed by atoms with Crippen molar-refractivity contribution in [2.45, 2.75) is 28.1 Å². The van der Waals surface area contributed by atoms with Gasteiger partial charge in [-0.05, 0) is 24.6 Å². The second kappa shape index (κ2) is 6.07. The summed E-state index contributed by atoms with van der Waals surface area (Å²) in [7, 11) is 0. The van der Waals surface area contributed by atoms with E-state index in [2.05, 4.69) is 32.1 Å². The van der Waals surface area contributed by atoms with Gasteiger partial charge in [0.25, 0.3) is 0 Å². The van der Waals surface area contributed by atoms with Crippen molar-refractivity contribution in [3.63, 3.8) is 0 Å². The normalized spacial score (nSPS) is 14.2. The summed E-state index contributed by atoms with van der Waals surface area (Å²) in [5.74, 6) is 1.32. The van der Waals surface area contributed by atoms with E-state index in [0.717, 1.165) is 33.2 Å². The number of hydrogen-bond donors (Lipinski definition) is 1. The second-order valence-corrected chi connectivity index (χ2v) is 6.94. The van der Waals surface area contributed by atoms with E-state index < -0.39 is 0 Å². The molecule has 1 N–H and O–H groups in total. The lowest BCUT2D eigenvalue weighted by Crippen LogP contribution is -1.96. The highest BCUT2D eigenvalue weighted by Gasteiger charge is 2.27. The summed E-state index contributed by atoms with van der Waals surface area (Å²) in [6.07, 6.45) is 4.08. The van der Waals surface area contributed by atoms with Crippen molar-refractivity contribution >= 4 is 39.8 Å². The third-order valence-corrected chi connectivity index (χ3v) is 4.67. The van der Waals surface area contributed by atoms with Crippen LogP contribution in [0.4, 0.5) is 5.13 Å². The summed E-state index contributed by atoms with van der Waals surface area (Å²) < 4.78 is 0.827. The fourth-order valence-corrected chi connectivity index (χ4v) is 3.53. The van der Waals surface area contributed by atoms with E-state index in [9.17, 15) is 0 Å². The maximum absolute atomic E-state index is 6.04. The first-order chi connectivity index (χ1) is 9.74. The number of nitrogens with zero attached hydrogens (tertiary/aromatic N) is 4. The number of nitrogens with one attached hydrogen (secondary N) is 1. The van der Waals surface area contributed by atoms with Gasteiger partial charge in [0.15, 0.2) is 4.34 Å². The molecule has 0 aliphatic heterocycles. The molecule has 2 aromatic heterocycles. The Labute approximate surface area is 129 Å². The van der Waals surface area contributed by atoms with Gasteiger partial charge in [-0.1, -0.05) is 29.0 Å². The van der Waals surface area contributed by atoms with Gasteiger partial charge in [-0.25, -0.2) is 9.97 Å². The quantitative estimate of drug-likeness (QED) is 0.646. The molecule has 20 heavy (non-hydrogen) atoms. The Morgan fingerprint density at radius 2 is 2.30 bits per heavy atom. The fourth-order valence-electron chi connectivity index (χ4n) is 1.56. The minimum Gasteiger partial charge on any atom is -0.357 e. The number of rotatable bonds is 6. The lowest BCUT2D eigenvalue weighted by atomic mass is 10.4. The van der Waals surface area contributed by atoms with Gasteiger partial charge in [-0.15, -0.1) is 16.8 Å². The van der Waals surface area contributed by atoms with Crippen molar-refractivity contribution in [3.05, 3.63) is 29.7 Å². The Balaban J connectivity index is 1.73. The molecule has 5 nitrogen and oxygen atoms in total. The molecule has 0 radical (unpaired) electrons. The molecule has 2 aromatic rings. The Morgan fingerprint density at radius 1 is 1.45 bits per heavy atom. The third kappa shape index (κ3) is 3.47. The smallest absolute Gasteiger partial charge is 0.206 e. The molecule has 1 saturated carbocycles. The number of anilines is 1.